The quantitative estimate of drug-likeness (QED) is 0.606. The van der Waals surface area contributed by atoms with E-state index in [0.29, 0.717) is 0 Å². The zero-order chi connectivity index (χ0) is 10.3. The highest BCUT2D eigenvalue weighted by Gasteiger charge is 2.21. The number of nitrogens with one attached hydrogen (secondary N) is 1. The smallest absolute Gasteiger partial charge is 0.255 e. The molecule has 0 saturated heterocycles. The van der Waals surface area contributed by atoms with Gasteiger partial charge < -0.3 is 10.1 Å². The molecule has 2 aromatic heterocycles. The Kier molecular flexibility index (Phi) is 1.95. The van der Waals surface area contributed by atoms with E-state index in [9.17, 15) is 9.90 Å². The van der Waals surface area contributed by atoms with Crippen LogP contribution in [0.2, 0.25) is 0 Å². The second-order valence-electron chi connectivity index (χ2n) is 3.36. The summed E-state index contributed by atoms with van der Waals surface area (Å²) >= 11 is 1.49. The van der Waals surface area contributed by atoms with Crippen molar-refractivity contribution in [3.05, 3.63) is 33.4 Å². The van der Waals surface area contributed by atoms with Gasteiger partial charge in [0.1, 0.15) is 5.72 Å². The summed E-state index contributed by atoms with van der Waals surface area (Å²) in [6, 6.07) is 3.44. The van der Waals surface area contributed by atoms with E-state index in [2.05, 4.69) is 4.98 Å². The number of nitrogens with two attached hydrogens (primary N) is 1. The van der Waals surface area contributed by atoms with Crippen LogP contribution in [0.25, 0.3) is 10.2 Å². The summed E-state index contributed by atoms with van der Waals surface area (Å²) in [5.41, 5.74) is 4.48. The number of aromatic amines is 1. The average molecular weight is 210 g/mol. The van der Waals surface area contributed by atoms with Crippen LogP contribution in [-0.4, -0.2) is 10.1 Å². The van der Waals surface area contributed by atoms with Crippen molar-refractivity contribution < 1.29 is 5.11 Å². The van der Waals surface area contributed by atoms with E-state index >= 15 is 0 Å². The maximum Gasteiger partial charge on any atom is 0.255 e. The van der Waals surface area contributed by atoms with E-state index in [1.54, 1.807) is 6.07 Å². The summed E-state index contributed by atoms with van der Waals surface area (Å²) in [4.78, 5) is 14.1. The highest BCUT2D eigenvalue weighted by Crippen LogP contribution is 2.20. The number of thiophene rings is 1. The van der Waals surface area contributed by atoms with Gasteiger partial charge in [-0.1, -0.05) is 0 Å². The van der Waals surface area contributed by atoms with E-state index in [0.717, 1.165) is 10.2 Å². The van der Waals surface area contributed by atoms with Gasteiger partial charge in [0.05, 0.1) is 15.8 Å². The van der Waals surface area contributed by atoms with Crippen molar-refractivity contribution in [3.63, 3.8) is 0 Å². The standard InChI is InChI=1S/C9H10N2O2S/c1-9(10,13)5-4-7-6(2-3-14-7)11-8(5)12/h2-4,13H,10H2,1H3,(H,11,12). The number of pyridine rings is 1. The van der Waals surface area contributed by atoms with Gasteiger partial charge in [0.2, 0.25) is 0 Å². The SMILES string of the molecule is CC(N)(O)c1cc2sccc2[nH]c1=O. The van der Waals surface area contributed by atoms with Gasteiger partial charge in [0.15, 0.2) is 0 Å². The molecule has 0 radical (unpaired) electrons. The van der Waals surface area contributed by atoms with Crippen LogP contribution in [0.1, 0.15) is 12.5 Å². The van der Waals surface area contributed by atoms with Crippen molar-refractivity contribution in [3.8, 4) is 0 Å². The molecule has 0 aliphatic carbocycles. The molecule has 74 valence electrons. The Hall–Kier alpha value is -1.17. The lowest BCUT2D eigenvalue weighted by Gasteiger charge is -2.16. The molecule has 4 nitrogen and oxygen atoms in total. The summed E-state index contributed by atoms with van der Waals surface area (Å²) in [5, 5.41) is 11.4. The van der Waals surface area contributed by atoms with Crippen molar-refractivity contribution in [2.45, 2.75) is 12.6 Å². The largest absolute Gasteiger partial charge is 0.372 e. The van der Waals surface area contributed by atoms with Crippen molar-refractivity contribution in [2.75, 3.05) is 0 Å². The minimum absolute atomic E-state index is 0.187. The lowest BCUT2D eigenvalue weighted by atomic mass is 10.1. The first-order valence-electron chi connectivity index (χ1n) is 4.11. The minimum atomic E-state index is -1.59. The van der Waals surface area contributed by atoms with E-state index < -0.39 is 5.72 Å². The van der Waals surface area contributed by atoms with Gasteiger partial charge in [-0.3, -0.25) is 10.5 Å². The van der Waals surface area contributed by atoms with Crippen LogP contribution in [0.5, 0.6) is 0 Å². The maximum atomic E-state index is 11.5. The second kappa shape index (κ2) is 2.91. The Morgan fingerprint density at radius 3 is 3.00 bits per heavy atom. The lowest BCUT2D eigenvalue weighted by molar-refractivity contribution is 0.0634. The van der Waals surface area contributed by atoms with Gasteiger partial charge in [-0.25, -0.2) is 0 Å². The third-order valence-corrected chi connectivity index (χ3v) is 2.87. The number of H-pyrrole nitrogens is 1. The number of fused-ring (bicyclic) bond motifs is 1. The molecule has 2 heterocycles. The zero-order valence-electron chi connectivity index (χ0n) is 7.57. The Labute approximate surface area is 84.0 Å². The third-order valence-electron chi connectivity index (χ3n) is 2.01. The van der Waals surface area contributed by atoms with Crippen LogP contribution in [0, 0.1) is 0 Å². The van der Waals surface area contributed by atoms with Crippen molar-refractivity contribution in [1.82, 2.24) is 4.98 Å². The third kappa shape index (κ3) is 1.45. The highest BCUT2D eigenvalue weighted by atomic mass is 32.1. The lowest BCUT2D eigenvalue weighted by Crippen LogP contribution is -2.37. The first kappa shape index (κ1) is 9.39. The minimum Gasteiger partial charge on any atom is -0.372 e. The van der Waals surface area contributed by atoms with Crippen LogP contribution in [0.3, 0.4) is 0 Å². The van der Waals surface area contributed by atoms with E-state index in [-0.39, 0.29) is 11.1 Å². The Morgan fingerprint density at radius 1 is 1.64 bits per heavy atom. The molecular formula is C9H10N2O2S. The first-order chi connectivity index (χ1) is 6.48. The molecule has 0 aliphatic heterocycles. The second-order valence-corrected chi connectivity index (χ2v) is 4.31. The molecule has 0 aliphatic rings. The Balaban J connectivity index is 2.78. The number of rotatable bonds is 1. The van der Waals surface area contributed by atoms with E-state index in [4.69, 9.17) is 5.73 Å². The molecule has 0 amide bonds. The number of aromatic nitrogens is 1. The predicted octanol–water partition coefficient (Wildman–Crippen LogP) is 0.713. The summed E-state index contributed by atoms with van der Waals surface area (Å²) in [7, 11) is 0. The normalized spacial score (nSPS) is 15.6. The van der Waals surface area contributed by atoms with Gasteiger partial charge in [-0.2, -0.15) is 0 Å². The van der Waals surface area contributed by atoms with Gasteiger partial charge in [-0.15, -0.1) is 11.3 Å². The molecule has 4 N–H and O–H groups in total. The summed E-state index contributed by atoms with van der Waals surface area (Å²) in [6.45, 7) is 1.39. The van der Waals surface area contributed by atoms with Crippen LogP contribution < -0.4 is 11.3 Å². The molecule has 2 aromatic rings. The fourth-order valence-electron chi connectivity index (χ4n) is 1.30. The van der Waals surface area contributed by atoms with Gasteiger partial charge in [0, 0.05) is 0 Å². The predicted molar refractivity (Wildman–Crippen MR) is 56.2 cm³/mol. The van der Waals surface area contributed by atoms with E-state index in [1.807, 2.05) is 11.4 Å². The number of hydrogen-bond acceptors (Lipinski definition) is 4. The number of aliphatic hydroxyl groups is 1. The zero-order valence-corrected chi connectivity index (χ0v) is 8.39. The van der Waals surface area contributed by atoms with Crippen molar-refractivity contribution in [1.29, 1.82) is 0 Å². The molecule has 1 unspecified atom stereocenters. The monoisotopic (exact) mass is 210 g/mol. The van der Waals surface area contributed by atoms with Crippen molar-refractivity contribution in [2.24, 2.45) is 5.73 Å². The average Bonchev–Trinajstić information content (AvgIpc) is 2.47. The Morgan fingerprint density at radius 2 is 2.36 bits per heavy atom. The molecule has 0 saturated carbocycles. The molecule has 2 rings (SSSR count). The molecule has 0 bridgehead atoms. The molecule has 0 aromatic carbocycles. The van der Waals surface area contributed by atoms with Crippen LogP contribution in [0.15, 0.2) is 22.3 Å². The van der Waals surface area contributed by atoms with Crippen molar-refractivity contribution >= 4 is 21.6 Å². The van der Waals surface area contributed by atoms with Gasteiger partial charge >= 0.3 is 0 Å². The molecule has 14 heavy (non-hydrogen) atoms. The fraction of sp³-hybridized carbons (Fsp3) is 0.222. The molecule has 0 fully saturated rings. The molecular weight excluding hydrogens is 200 g/mol. The summed E-state index contributed by atoms with van der Waals surface area (Å²) in [5.74, 6) is 0. The van der Waals surface area contributed by atoms with Gasteiger partial charge in [0.25, 0.3) is 5.56 Å². The Bertz CT molecular complexity index is 521. The van der Waals surface area contributed by atoms with Crippen LogP contribution in [-0.2, 0) is 5.72 Å². The summed E-state index contributed by atoms with van der Waals surface area (Å²) in [6.07, 6.45) is 0. The fourth-order valence-corrected chi connectivity index (χ4v) is 2.08. The number of hydrogen-bond donors (Lipinski definition) is 3. The first-order valence-corrected chi connectivity index (χ1v) is 4.99. The van der Waals surface area contributed by atoms with Crippen LogP contribution in [0.4, 0.5) is 0 Å². The molecule has 5 heteroatoms. The molecule has 1 atom stereocenters. The highest BCUT2D eigenvalue weighted by molar-refractivity contribution is 7.17. The summed E-state index contributed by atoms with van der Waals surface area (Å²) < 4.78 is 0.908. The van der Waals surface area contributed by atoms with Gasteiger partial charge in [-0.05, 0) is 24.4 Å². The van der Waals surface area contributed by atoms with Crippen LogP contribution >= 0.6 is 11.3 Å². The maximum absolute atomic E-state index is 11.5. The topological polar surface area (TPSA) is 79.1 Å². The van der Waals surface area contributed by atoms with E-state index in [1.165, 1.54) is 18.3 Å². The molecule has 0 spiro atoms.